The largest absolute Gasteiger partial charge is 0.478 e. The predicted octanol–water partition coefficient (Wildman–Crippen LogP) is 2.65. The van der Waals surface area contributed by atoms with E-state index >= 15 is 0 Å². The number of nitrogens with one attached hydrogen (secondary N) is 2. The number of hydrogen-bond acceptors (Lipinski definition) is 5. The zero-order valence-electron chi connectivity index (χ0n) is 21.0. The van der Waals surface area contributed by atoms with Crippen LogP contribution in [-0.4, -0.2) is 69.9 Å². The molecule has 2 atom stereocenters. The standard InChI is InChI=1S/C14H14N2O4.C13H13BrN2O2/c1-16-13(20)15-12(19)14(16)5-4-8-6-9(11(17)18)2-3-10(8)7-14;1-16-12(18)15-11(17)13(16)5-4-8-6-10(14)3-2-9(8)7-13/h2-3,6H,4-5,7H2,1H3,(H,17,18)(H,15,19,20);2-3,6H,4-5,7H2,1H3,(H,15,17,18). The molecular weight excluding hydrogens is 556 g/mol. The van der Waals surface area contributed by atoms with Crippen molar-refractivity contribution in [1.29, 1.82) is 0 Å². The van der Waals surface area contributed by atoms with Crippen molar-refractivity contribution < 1.29 is 29.1 Å². The number of hydrogen-bond donors (Lipinski definition) is 3. The minimum Gasteiger partial charge on any atom is -0.478 e. The fourth-order valence-electron chi connectivity index (χ4n) is 5.90. The molecule has 0 bridgehead atoms. The van der Waals surface area contributed by atoms with Gasteiger partial charge >= 0.3 is 18.0 Å². The molecule has 198 valence electrons. The van der Waals surface area contributed by atoms with Gasteiger partial charge in [0.25, 0.3) is 11.8 Å². The summed E-state index contributed by atoms with van der Waals surface area (Å²) < 4.78 is 1.05. The highest BCUT2D eigenvalue weighted by molar-refractivity contribution is 9.10. The lowest BCUT2D eigenvalue weighted by molar-refractivity contribution is -0.127. The molecule has 2 unspecified atom stereocenters. The third-order valence-electron chi connectivity index (χ3n) is 8.38. The normalized spacial score (nSPS) is 25.6. The first kappa shape index (κ1) is 25.9. The van der Waals surface area contributed by atoms with Crippen LogP contribution in [0.4, 0.5) is 9.59 Å². The van der Waals surface area contributed by atoms with E-state index in [1.54, 1.807) is 31.1 Å². The van der Waals surface area contributed by atoms with Gasteiger partial charge in [0.2, 0.25) is 0 Å². The maximum Gasteiger partial charge on any atom is 0.335 e. The van der Waals surface area contributed by atoms with Crippen LogP contribution in [0.1, 0.15) is 45.5 Å². The van der Waals surface area contributed by atoms with Crippen molar-refractivity contribution >= 4 is 45.8 Å². The number of amides is 6. The van der Waals surface area contributed by atoms with Gasteiger partial charge in [-0.05, 0) is 72.2 Å². The van der Waals surface area contributed by atoms with Gasteiger partial charge < -0.3 is 14.9 Å². The van der Waals surface area contributed by atoms with Crippen molar-refractivity contribution in [2.75, 3.05) is 14.1 Å². The number of carboxylic acids is 1. The Labute approximate surface area is 227 Å². The van der Waals surface area contributed by atoms with Crippen LogP contribution in [0.25, 0.3) is 0 Å². The van der Waals surface area contributed by atoms with Gasteiger partial charge in [-0.25, -0.2) is 14.4 Å². The second kappa shape index (κ2) is 9.23. The summed E-state index contributed by atoms with van der Waals surface area (Å²) in [6, 6.07) is 10.4. The lowest BCUT2D eigenvalue weighted by Crippen LogP contribution is -2.51. The van der Waals surface area contributed by atoms with Crippen molar-refractivity contribution in [3.8, 4) is 0 Å². The van der Waals surface area contributed by atoms with Gasteiger partial charge in [0.05, 0.1) is 5.56 Å². The van der Waals surface area contributed by atoms with Gasteiger partial charge in [0, 0.05) is 31.4 Å². The highest BCUT2D eigenvalue weighted by Gasteiger charge is 2.53. The lowest BCUT2D eigenvalue weighted by Gasteiger charge is -2.37. The van der Waals surface area contributed by atoms with Crippen molar-refractivity contribution in [3.63, 3.8) is 0 Å². The Morgan fingerprint density at radius 1 is 0.789 bits per heavy atom. The number of imide groups is 2. The molecule has 38 heavy (non-hydrogen) atoms. The Hall–Kier alpha value is -3.73. The maximum atomic E-state index is 12.1. The van der Waals surface area contributed by atoms with E-state index in [1.807, 2.05) is 12.1 Å². The molecule has 0 saturated carbocycles. The van der Waals surface area contributed by atoms with E-state index in [0.29, 0.717) is 32.1 Å². The van der Waals surface area contributed by atoms with E-state index in [0.717, 1.165) is 27.6 Å². The number of rotatable bonds is 1. The molecule has 0 radical (unpaired) electrons. The molecule has 4 aliphatic rings. The van der Waals surface area contributed by atoms with Gasteiger partial charge in [0.15, 0.2) is 0 Å². The van der Waals surface area contributed by atoms with Crippen LogP contribution < -0.4 is 10.6 Å². The molecule has 3 N–H and O–H groups in total. The van der Waals surface area contributed by atoms with Crippen LogP contribution in [-0.2, 0) is 35.3 Å². The molecule has 2 aromatic rings. The summed E-state index contributed by atoms with van der Waals surface area (Å²) in [5, 5.41) is 13.7. The van der Waals surface area contributed by atoms with Crippen LogP contribution >= 0.6 is 15.9 Å². The lowest BCUT2D eigenvalue weighted by atomic mass is 9.77. The van der Waals surface area contributed by atoms with Crippen LogP contribution in [0.5, 0.6) is 0 Å². The third-order valence-corrected chi connectivity index (χ3v) is 8.88. The van der Waals surface area contributed by atoms with Gasteiger partial charge in [-0.3, -0.25) is 20.2 Å². The highest BCUT2D eigenvalue weighted by atomic mass is 79.9. The van der Waals surface area contributed by atoms with Gasteiger partial charge in [-0.2, -0.15) is 0 Å². The second-order valence-electron chi connectivity index (χ2n) is 10.3. The van der Waals surface area contributed by atoms with Crippen molar-refractivity contribution in [2.45, 2.75) is 49.6 Å². The fraction of sp³-hybridized carbons (Fsp3) is 0.370. The highest BCUT2D eigenvalue weighted by Crippen LogP contribution is 2.37. The third kappa shape index (κ3) is 4.05. The number of halogens is 1. The molecule has 2 saturated heterocycles. The Morgan fingerprint density at radius 3 is 1.71 bits per heavy atom. The summed E-state index contributed by atoms with van der Waals surface area (Å²) in [7, 11) is 3.32. The molecule has 10 nitrogen and oxygen atoms in total. The van der Waals surface area contributed by atoms with E-state index < -0.39 is 17.0 Å². The smallest absolute Gasteiger partial charge is 0.335 e. The number of carbonyl (C=O) groups excluding carboxylic acids is 4. The molecule has 2 heterocycles. The van der Waals surface area contributed by atoms with E-state index in [9.17, 15) is 24.0 Å². The van der Waals surface area contributed by atoms with Crippen LogP contribution in [0.3, 0.4) is 0 Å². The quantitative estimate of drug-likeness (QED) is 0.442. The maximum absolute atomic E-state index is 12.1. The first-order valence-electron chi connectivity index (χ1n) is 12.3. The molecule has 6 amide bonds. The predicted molar refractivity (Wildman–Crippen MR) is 140 cm³/mol. The number of benzene rings is 2. The first-order chi connectivity index (χ1) is 18.0. The summed E-state index contributed by atoms with van der Waals surface area (Å²) in [5.41, 5.74) is 3.03. The summed E-state index contributed by atoms with van der Waals surface area (Å²) in [6.45, 7) is 0. The average molecular weight is 583 g/mol. The van der Waals surface area contributed by atoms with E-state index in [1.165, 1.54) is 16.5 Å². The molecule has 0 aromatic heterocycles. The topological polar surface area (TPSA) is 136 Å². The van der Waals surface area contributed by atoms with Gasteiger partial charge in [0.1, 0.15) is 11.1 Å². The van der Waals surface area contributed by atoms with Crippen LogP contribution in [0.2, 0.25) is 0 Å². The van der Waals surface area contributed by atoms with Gasteiger partial charge in [-0.15, -0.1) is 0 Å². The average Bonchev–Trinajstić information content (AvgIpc) is 3.22. The monoisotopic (exact) mass is 582 g/mol. The molecule has 2 aliphatic heterocycles. The van der Waals surface area contributed by atoms with Crippen molar-refractivity contribution in [2.24, 2.45) is 0 Å². The first-order valence-corrected chi connectivity index (χ1v) is 13.1. The van der Waals surface area contributed by atoms with Crippen molar-refractivity contribution in [3.05, 3.63) is 68.7 Å². The Balaban J connectivity index is 0.000000156. The zero-order valence-corrected chi connectivity index (χ0v) is 22.6. The summed E-state index contributed by atoms with van der Waals surface area (Å²) in [5.74, 6) is -1.39. The fourth-order valence-corrected chi connectivity index (χ4v) is 6.31. The molecular formula is C27H27BrN4O6. The Bertz CT molecular complexity index is 1410. The van der Waals surface area contributed by atoms with E-state index in [2.05, 4.69) is 32.6 Å². The molecule has 2 spiro atoms. The van der Waals surface area contributed by atoms with E-state index in [4.69, 9.17) is 5.11 Å². The molecule has 6 rings (SSSR count). The number of aromatic carboxylic acids is 1. The molecule has 2 aliphatic carbocycles. The summed E-state index contributed by atoms with van der Waals surface area (Å²) in [6.07, 6.45) is 3.63. The number of carboxylic acid groups (broad SMARTS) is 1. The van der Waals surface area contributed by atoms with E-state index in [-0.39, 0.29) is 29.4 Å². The number of aryl methyl sites for hydroxylation is 2. The number of urea groups is 2. The number of nitrogens with zero attached hydrogens (tertiary/aromatic N) is 2. The minimum absolute atomic E-state index is 0.163. The molecule has 2 fully saturated rings. The SMILES string of the molecule is CN1C(=O)NC(=O)C12CCc1cc(Br)ccc1C2.CN1C(=O)NC(=O)C12CCc1cc(C(=O)O)ccc1C2. The van der Waals surface area contributed by atoms with Crippen LogP contribution in [0.15, 0.2) is 40.9 Å². The zero-order chi connectivity index (χ0) is 27.4. The minimum atomic E-state index is -0.959. The summed E-state index contributed by atoms with van der Waals surface area (Å²) in [4.78, 5) is 61.4. The Kier molecular flexibility index (Phi) is 6.29. The van der Waals surface area contributed by atoms with Crippen molar-refractivity contribution in [1.82, 2.24) is 20.4 Å². The molecule has 11 heteroatoms. The Morgan fingerprint density at radius 2 is 1.26 bits per heavy atom. The summed E-state index contributed by atoms with van der Waals surface area (Å²) >= 11 is 3.45. The number of likely N-dealkylation sites (N-methyl/N-ethyl adjacent to an activating group) is 2. The number of fused-ring (bicyclic) bond motifs is 2. The van der Waals surface area contributed by atoms with Gasteiger partial charge in [-0.1, -0.05) is 28.1 Å². The molecule has 2 aromatic carbocycles. The second-order valence-corrected chi connectivity index (χ2v) is 11.2. The number of carbonyl (C=O) groups is 5. The van der Waals surface area contributed by atoms with Crippen LogP contribution in [0, 0.1) is 0 Å².